The van der Waals surface area contributed by atoms with Gasteiger partial charge in [-0.05, 0) is 55.5 Å². The predicted octanol–water partition coefficient (Wildman–Crippen LogP) is 4.33. The van der Waals surface area contributed by atoms with Gasteiger partial charge in [-0.2, -0.15) is 13.2 Å². The molecule has 0 saturated heterocycles. The molecule has 0 aliphatic rings. The molecule has 0 heterocycles. The maximum Gasteiger partial charge on any atom is 0.490 e. The second-order valence-electron chi connectivity index (χ2n) is 6.88. The van der Waals surface area contributed by atoms with Gasteiger partial charge in [0.2, 0.25) is 0 Å². The summed E-state index contributed by atoms with van der Waals surface area (Å²) >= 11 is 0. The molecule has 3 N–H and O–H groups in total. The van der Waals surface area contributed by atoms with Gasteiger partial charge >= 0.3 is 18.1 Å². The Morgan fingerprint density at radius 3 is 1.97 bits per heavy atom. The zero-order valence-electron chi connectivity index (χ0n) is 17.6. The first kappa shape index (κ1) is 27.0. The van der Waals surface area contributed by atoms with Crippen LogP contribution in [0.25, 0.3) is 0 Å². The van der Waals surface area contributed by atoms with E-state index in [-0.39, 0.29) is 6.42 Å². The summed E-state index contributed by atoms with van der Waals surface area (Å²) in [6.45, 7) is 2.10. The smallest absolute Gasteiger partial charge is 0.490 e. The lowest BCUT2D eigenvalue weighted by atomic mass is 10.1. The van der Waals surface area contributed by atoms with Gasteiger partial charge in [-0.1, -0.05) is 42.5 Å². The van der Waals surface area contributed by atoms with Gasteiger partial charge in [-0.3, -0.25) is 4.79 Å². The van der Waals surface area contributed by atoms with E-state index in [4.69, 9.17) is 19.7 Å². The fourth-order valence-corrected chi connectivity index (χ4v) is 2.60. The van der Waals surface area contributed by atoms with Crippen molar-refractivity contribution in [1.82, 2.24) is 5.32 Å². The fourth-order valence-electron chi connectivity index (χ4n) is 2.60. The molecule has 6 nitrogen and oxygen atoms in total. The minimum Gasteiger partial charge on any atom is -0.494 e. The SMILES string of the molecule is O=C(O)C(F)(F)F.O=C(O)CCNCCCc1ccc(OCCCc2ccccc2)cc1. The van der Waals surface area contributed by atoms with E-state index in [1.807, 2.05) is 18.2 Å². The van der Waals surface area contributed by atoms with Crippen LogP contribution >= 0.6 is 0 Å². The molecule has 0 atom stereocenters. The van der Waals surface area contributed by atoms with Gasteiger partial charge in [-0.15, -0.1) is 0 Å². The number of carboxylic acids is 2. The highest BCUT2D eigenvalue weighted by atomic mass is 19.4. The van der Waals surface area contributed by atoms with E-state index in [1.54, 1.807) is 0 Å². The Morgan fingerprint density at radius 2 is 1.41 bits per heavy atom. The quantitative estimate of drug-likeness (QED) is 0.413. The second kappa shape index (κ2) is 14.9. The van der Waals surface area contributed by atoms with Crippen LogP contribution in [-0.4, -0.2) is 48.0 Å². The average Bonchev–Trinajstić information content (AvgIpc) is 2.75. The standard InChI is InChI=1S/C21H27NO3.C2HF3O2/c23-21(24)14-16-22-15-4-8-19-10-12-20(13-11-19)25-17-5-9-18-6-2-1-3-7-18;3-2(4,5)1(6)7/h1-3,6-7,10-13,22H,4-5,8-9,14-17H2,(H,23,24);(H,6,7). The number of aryl methyl sites for hydroxylation is 2. The molecule has 2 aromatic carbocycles. The number of carbonyl (C=O) groups is 2. The number of benzene rings is 2. The maximum absolute atomic E-state index is 10.6. The molecule has 0 aliphatic carbocycles. The number of rotatable bonds is 12. The van der Waals surface area contributed by atoms with Crippen molar-refractivity contribution in [3.63, 3.8) is 0 Å². The summed E-state index contributed by atoms with van der Waals surface area (Å²) in [6.07, 6.45) is -0.886. The predicted molar refractivity (Wildman–Crippen MR) is 114 cm³/mol. The van der Waals surface area contributed by atoms with Gasteiger partial charge in [-0.25, -0.2) is 4.79 Å². The molecule has 0 unspecified atom stereocenters. The van der Waals surface area contributed by atoms with Gasteiger partial charge in [0.25, 0.3) is 0 Å². The molecule has 0 fully saturated rings. The van der Waals surface area contributed by atoms with Gasteiger partial charge < -0.3 is 20.3 Å². The lowest BCUT2D eigenvalue weighted by Crippen LogP contribution is -2.21. The summed E-state index contributed by atoms with van der Waals surface area (Å²) in [5.74, 6) is -2.60. The Labute approximate surface area is 185 Å². The summed E-state index contributed by atoms with van der Waals surface area (Å²) < 4.78 is 37.5. The van der Waals surface area contributed by atoms with E-state index in [9.17, 15) is 18.0 Å². The van der Waals surface area contributed by atoms with E-state index in [0.29, 0.717) is 6.54 Å². The summed E-state index contributed by atoms with van der Waals surface area (Å²) in [6, 6.07) is 18.7. The van der Waals surface area contributed by atoms with Crippen LogP contribution in [0.1, 0.15) is 30.4 Å². The zero-order chi connectivity index (χ0) is 23.8. The van der Waals surface area contributed by atoms with Crippen molar-refractivity contribution in [3.05, 3.63) is 65.7 Å². The highest BCUT2D eigenvalue weighted by Gasteiger charge is 2.38. The Kier molecular flexibility index (Phi) is 12.5. The topological polar surface area (TPSA) is 95.9 Å². The van der Waals surface area contributed by atoms with E-state index >= 15 is 0 Å². The third kappa shape index (κ3) is 13.3. The van der Waals surface area contributed by atoms with Crippen LogP contribution in [0.2, 0.25) is 0 Å². The molecular formula is C23H28F3NO5. The second-order valence-corrected chi connectivity index (χ2v) is 6.88. The first-order valence-corrected chi connectivity index (χ1v) is 10.2. The average molecular weight is 455 g/mol. The first-order chi connectivity index (χ1) is 15.2. The summed E-state index contributed by atoms with van der Waals surface area (Å²) in [5, 5.41) is 18.8. The lowest BCUT2D eigenvalue weighted by Gasteiger charge is -2.08. The van der Waals surface area contributed by atoms with E-state index in [1.165, 1.54) is 11.1 Å². The van der Waals surface area contributed by atoms with Crippen molar-refractivity contribution in [2.24, 2.45) is 0 Å². The van der Waals surface area contributed by atoms with Crippen molar-refractivity contribution in [3.8, 4) is 5.75 Å². The number of hydrogen-bond acceptors (Lipinski definition) is 4. The Balaban J connectivity index is 0.000000633. The maximum atomic E-state index is 10.6. The molecule has 176 valence electrons. The number of hydrogen-bond donors (Lipinski definition) is 3. The molecule has 0 spiro atoms. The van der Waals surface area contributed by atoms with Crippen LogP contribution in [0, 0.1) is 0 Å². The highest BCUT2D eigenvalue weighted by Crippen LogP contribution is 2.14. The normalized spacial score (nSPS) is 10.7. The van der Waals surface area contributed by atoms with Crippen molar-refractivity contribution < 1.29 is 37.7 Å². The molecule has 0 aromatic heterocycles. The number of halogens is 3. The number of ether oxygens (including phenoxy) is 1. The van der Waals surface area contributed by atoms with Crippen molar-refractivity contribution in [2.75, 3.05) is 19.7 Å². The van der Waals surface area contributed by atoms with E-state index in [0.717, 1.165) is 44.6 Å². The number of aliphatic carboxylic acids is 2. The molecule has 0 amide bonds. The lowest BCUT2D eigenvalue weighted by molar-refractivity contribution is -0.192. The van der Waals surface area contributed by atoms with Crippen LogP contribution in [0.5, 0.6) is 5.75 Å². The fraction of sp³-hybridized carbons (Fsp3) is 0.391. The molecular weight excluding hydrogens is 427 g/mol. The van der Waals surface area contributed by atoms with E-state index < -0.39 is 18.1 Å². The minimum atomic E-state index is -5.08. The molecule has 0 radical (unpaired) electrons. The molecule has 9 heteroatoms. The number of nitrogens with one attached hydrogen (secondary N) is 1. The zero-order valence-corrected chi connectivity index (χ0v) is 17.6. The highest BCUT2D eigenvalue weighted by molar-refractivity contribution is 5.73. The monoisotopic (exact) mass is 455 g/mol. The van der Waals surface area contributed by atoms with Crippen LogP contribution in [0.4, 0.5) is 13.2 Å². The summed E-state index contributed by atoms with van der Waals surface area (Å²) in [7, 11) is 0. The van der Waals surface area contributed by atoms with Gasteiger partial charge in [0.1, 0.15) is 5.75 Å². The van der Waals surface area contributed by atoms with Crippen LogP contribution in [0.15, 0.2) is 54.6 Å². The van der Waals surface area contributed by atoms with Gasteiger partial charge in [0.05, 0.1) is 13.0 Å². The third-order valence-electron chi connectivity index (χ3n) is 4.22. The van der Waals surface area contributed by atoms with Crippen LogP contribution < -0.4 is 10.1 Å². The molecule has 2 rings (SSSR count). The minimum absolute atomic E-state index is 0.177. The van der Waals surface area contributed by atoms with Crippen molar-refractivity contribution >= 4 is 11.9 Å². The third-order valence-corrected chi connectivity index (χ3v) is 4.22. The van der Waals surface area contributed by atoms with Crippen molar-refractivity contribution in [1.29, 1.82) is 0 Å². The van der Waals surface area contributed by atoms with Crippen LogP contribution in [0.3, 0.4) is 0 Å². The van der Waals surface area contributed by atoms with E-state index in [2.05, 4.69) is 41.7 Å². The summed E-state index contributed by atoms with van der Waals surface area (Å²) in [5.41, 5.74) is 2.62. The largest absolute Gasteiger partial charge is 0.494 e. The Hall–Kier alpha value is -3.07. The molecule has 32 heavy (non-hydrogen) atoms. The van der Waals surface area contributed by atoms with Gasteiger partial charge in [0, 0.05) is 6.54 Å². The van der Waals surface area contributed by atoms with Crippen molar-refractivity contribution in [2.45, 2.75) is 38.3 Å². The molecule has 0 bridgehead atoms. The molecule has 0 aliphatic heterocycles. The Morgan fingerprint density at radius 1 is 0.844 bits per heavy atom. The number of carboxylic acid groups (broad SMARTS) is 2. The summed E-state index contributed by atoms with van der Waals surface area (Å²) in [4.78, 5) is 19.3. The van der Waals surface area contributed by atoms with Gasteiger partial charge in [0.15, 0.2) is 0 Å². The number of alkyl halides is 3. The van der Waals surface area contributed by atoms with Crippen LogP contribution in [-0.2, 0) is 22.4 Å². The Bertz CT molecular complexity index is 796. The molecule has 0 saturated carbocycles. The molecule has 2 aromatic rings. The first-order valence-electron chi connectivity index (χ1n) is 10.2.